The van der Waals surface area contributed by atoms with Crippen LogP contribution in [0.4, 0.5) is 14.5 Å². The molecule has 0 spiro atoms. The van der Waals surface area contributed by atoms with Crippen LogP contribution < -0.4 is 0 Å². The summed E-state index contributed by atoms with van der Waals surface area (Å²) in [6.45, 7) is 0.119. The highest BCUT2D eigenvalue weighted by Gasteiger charge is 2.30. The van der Waals surface area contributed by atoms with Crippen LogP contribution in [0.3, 0.4) is 0 Å². The minimum Gasteiger partial charge on any atom is -0.396 e. The Morgan fingerprint density at radius 2 is 2.11 bits per heavy atom. The predicted molar refractivity (Wildman–Crippen MR) is 61.9 cm³/mol. The molecule has 1 aromatic heterocycles. The summed E-state index contributed by atoms with van der Waals surface area (Å²) in [6.07, 6.45) is 1.07. The molecule has 1 aromatic rings. The Bertz CT molecular complexity index is 456. The van der Waals surface area contributed by atoms with E-state index in [1.165, 1.54) is 4.68 Å². The summed E-state index contributed by atoms with van der Waals surface area (Å²) in [6, 6.07) is -0.103. The molecule has 1 fully saturated rings. The highest BCUT2D eigenvalue weighted by atomic mass is 19.3. The highest BCUT2D eigenvalue weighted by Crippen LogP contribution is 2.34. The number of alkyl halides is 2. The van der Waals surface area contributed by atoms with Crippen molar-refractivity contribution in [3.05, 3.63) is 22.0 Å². The minimum atomic E-state index is -2.95. The van der Waals surface area contributed by atoms with Crippen molar-refractivity contribution in [2.45, 2.75) is 38.2 Å². The molecule has 0 amide bonds. The number of nitro groups is 1. The lowest BCUT2D eigenvalue weighted by Gasteiger charge is -2.27. The van der Waals surface area contributed by atoms with Crippen LogP contribution in [0.1, 0.15) is 43.8 Å². The maximum Gasteiger partial charge on any atom is 0.316 e. The first kappa shape index (κ1) is 13.9. The van der Waals surface area contributed by atoms with Crippen LogP contribution >= 0.6 is 0 Å². The van der Waals surface area contributed by atoms with E-state index in [9.17, 15) is 18.9 Å². The van der Waals surface area contributed by atoms with E-state index in [0.29, 0.717) is 12.8 Å². The Labute approximate surface area is 108 Å². The largest absolute Gasteiger partial charge is 0.396 e. The number of nitrogens with zero attached hydrogens (tertiary/aromatic N) is 3. The molecule has 0 saturated heterocycles. The molecule has 6 nitrogen and oxygen atoms in total. The normalized spacial score (nSPS) is 23.8. The van der Waals surface area contributed by atoms with Gasteiger partial charge in [0.1, 0.15) is 6.20 Å². The summed E-state index contributed by atoms with van der Waals surface area (Å²) in [7, 11) is 0. The molecule has 8 heteroatoms. The molecular weight excluding hydrogens is 260 g/mol. The van der Waals surface area contributed by atoms with Gasteiger partial charge in [-0.2, -0.15) is 5.10 Å². The second-order valence-electron chi connectivity index (χ2n) is 4.79. The first-order valence-electron chi connectivity index (χ1n) is 6.15. The third-order valence-corrected chi connectivity index (χ3v) is 3.59. The number of rotatable bonds is 4. The van der Waals surface area contributed by atoms with Gasteiger partial charge in [-0.15, -0.1) is 0 Å². The number of hydrogen-bond acceptors (Lipinski definition) is 4. The van der Waals surface area contributed by atoms with Crippen molar-refractivity contribution in [1.82, 2.24) is 9.78 Å². The number of aliphatic hydroxyl groups is 1. The summed E-state index contributed by atoms with van der Waals surface area (Å²) in [5, 5.41) is 23.4. The zero-order valence-corrected chi connectivity index (χ0v) is 10.2. The van der Waals surface area contributed by atoms with Crippen LogP contribution in [0, 0.1) is 16.0 Å². The topological polar surface area (TPSA) is 81.2 Å². The lowest BCUT2D eigenvalue weighted by atomic mass is 9.87. The van der Waals surface area contributed by atoms with Gasteiger partial charge in [0.2, 0.25) is 5.69 Å². The third kappa shape index (κ3) is 2.89. The molecule has 0 aromatic carbocycles. The average Bonchev–Trinajstić information content (AvgIpc) is 2.84. The van der Waals surface area contributed by atoms with Crippen LogP contribution in [0.2, 0.25) is 0 Å². The molecule has 1 aliphatic carbocycles. The van der Waals surface area contributed by atoms with Gasteiger partial charge in [0.15, 0.2) is 0 Å². The molecule has 2 rings (SSSR count). The van der Waals surface area contributed by atoms with Crippen molar-refractivity contribution in [3.8, 4) is 0 Å². The predicted octanol–water partition coefficient (Wildman–Crippen LogP) is 2.45. The van der Waals surface area contributed by atoms with E-state index < -0.39 is 22.7 Å². The van der Waals surface area contributed by atoms with Gasteiger partial charge in [0.25, 0.3) is 6.43 Å². The lowest BCUT2D eigenvalue weighted by molar-refractivity contribution is -0.386. The SMILES string of the molecule is O=[N+]([O-])c1cn([C@H]2CC[C@H](CO)CC2)nc1C(F)F. The van der Waals surface area contributed by atoms with Gasteiger partial charge in [-0.05, 0) is 31.6 Å². The zero-order valence-electron chi connectivity index (χ0n) is 10.2. The number of aliphatic hydroxyl groups excluding tert-OH is 1. The molecular formula is C11H15F2N3O3. The number of hydrogen-bond donors (Lipinski definition) is 1. The summed E-state index contributed by atoms with van der Waals surface area (Å²) in [5.41, 5.74) is -1.39. The molecule has 0 atom stereocenters. The van der Waals surface area contributed by atoms with Gasteiger partial charge in [-0.3, -0.25) is 14.8 Å². The average molecular weight is 275 g/mol. The van der Waals surface area contributed by atoms with Gasteiger partial charge >= 0.3 is 5.69 Å². The summed E-state index contributed by atoms with van der Waals surface area (Å²) >= 11 is 0. The molecule has 0 unspecified atom stereocenters. The van der Waals surface area contributed by atoms with E-state index in [1.807, 2.05) is 0 Å². The Morgan fingerprint density at radius 1 is 1.47 bits per heavy atom. The molecule has 19 heavy (non-hydrogen) atoms. The number of aromatic nitrogens is 2. The van der Waals surface area contributed by atoms with Gasteiger partial charge in [-0.1, -0.05) is 0 Å². The fraction of sp³-hybridized carbons (Fsp3) is 0.727. The molecule has 1 saturated carbocycles. The molecule has 1 aliphatic rings. The fourth-order valence-corrected chi connectivity index (χ4v) is 2.47. The van der Waals surface area contributed by atoms with Crippen LogP contribution in [0.25, 0.3) is 0 Å². The summed E-state index contributed by atoms with van der Waals surface area (Å²) < 4.78 is 26.6. The Morgan fingerprint density at radius 3 is 2.53 bits per heavy atom. The molecule has 1 N–H and O–H groups in total. The zero-order chi connectivity index (χ0) is 14.0. The standard InChI is InChI=1S/C11H15F2N3O3/c12-11(13)10-9(16(18)19)5-15(14-10)8-3-1-7(6-17)2-4-8/h5,7-8,11,17H,1-4,6H2/t7-,8-. The van der Waals surface area contributed by atoms with E-state index in [0.717, 1.165) is 19.0 Å². The van der Waals surface area contributed by atoms with E-state index >= 15 is 0 Å². The minimum absolute atomic E-state index is 0.103. The van der Waals surface area contributed by atoms with Crippen molar-refractivity contribution in [2.24, 2.45) is 5.92 Å². The van der Waals surface area contributed by atoms with Crippen LogP contribution in [-0.4, -0.2) is 26.4 Å². The highest BCUT2D eigenvalue weighted by molar-refractivity contribution is 5.33. The molecule has 106 valence electrons. The van der Waals surface area contributed by atoms with Crippen molar-refractivity contribution >= 4 is 5.69 Å². The van der Waals surface area contributed by atoms with Crippen molar-refractivity contribution in [1.29, 1.82) is 0 Å². The molecule has 1 heterocycles. The Kier molecular flexibility index (Phi) is 4.08. The Hall–Kier alpha value is -1.57. The quantitative estimate of drug-likeness (QED) is 0.676. The first-order chi connectivity index (χ1) is 9.02. The monoisotopic (exact) mass is 275 g/mol. The van der Waals surface area contributed by atoms with Crippen LogP contribution in [0.5, 0.6) is 0 Å². The third-order valence-electron chi connectivity index (χ3n) is 3.59. The maximum absolute atomic E-state index is 12.7. The number of halogens is 2. The Balaban J connectivity index is 2.17. The van der Waals surface area contributed by atoms with E-state index in [-0.39, 0.29) is 18.6 Å². The second kappa shape index (κ2) is 5.60. The first-order valence-corrected chi connectivity index (χ1v) is 6.15. The van der Waals surface area contributed by atoms with Gasteiger partial charge in [-0.25, -0.2) is 8.78 Å². The van der Waals surface area contributed by atoms with E-state index in [2.05, 4.69) is 5.10 Å². The van der Waals surface area contributed by atoms with Gasteiger partial charge in [0, 0.05) is 6.61 Å². The summed E-state index contributed by atoms with van der Waals surface area (Å²) in [5.74, 6) is 0.233. The lowest BCUT2D eigenvalue weighted by Crippen LogP contribution is -2.20. The van der Waals surface area contributed by atoms with Gasteiger partial charge < -0.3 is 5.11 Å². The maximum atomic E-state index is 12.7. The second-order valence-corrected chi connectivity index (χ2v) is 4.79. The van der Waals surface area contributed by atoms with E-state index in [1.54, 1.807) is 0 Å². The van der Waals surface area contributed by atoms with E-state index in [4.69, 9.17) is 5.11 Å². The van der Waals surface area contributed by atoms with Crippen LogP contribution in [0.15, 0.2) is 6.20 Å². The summed E-state index contributed by atoms with van der Waals surface area (Å²) in [4.78, 5) is 9.88. The fourth-order valence-electron chi connectivity index (χ4n) is 2.47. The molecule has 0 aliphatic heterocycles. The molecule has 0 radical (unpaired) electrons. The van der Waals surface area contributed by atoms with Crippen molar-refractivity contribution in [3.63, 3.8) is 0 Å². The smallest absolute Gasteiger partial charge is 0.316 e. The van der Waals surface area contributed by atoms with Crippen LogP contribution in [-0.2, 0) is 0 Å². The molecule has 0 bridgehead atoms. The van der Waals surface area contributed by atoms with Crippen molar-refractivity contribution in [2.75, 3.05) is 6.61 Å². The van der Waals surface area contributed by atoms with Gasteiger partial charge in [0.05, 0.1) is 11.0 Å². The van der Waals surface area contributed by atoms with Crippen molar-refractivity contribution < 1.29 is 18.8 Å².